The van der Waals surface area contributed by atoms with Crippen LogP contribution in [0.5, 0.6) is 0 Å². The smallest absolute Gasteiger partial charge is 0.235 e. The standard InChI is InChI=1S/C28H24N6O2/c29-21-10-6-9-20(16-21)27-26(24-11-4-5-14-34(24)33-27)23-12-13-30-28(31-23)32-25-18-35-17-22(36-25)15-19-7-2-1-3-8-19/h1-2,4-7,9-14,16-18H,3,8,15,29H2,(H,30,31,32). The summed E-state index contributed by atoms with van der Waals surface area (Å²) in [4.78, 5) is 9.18. The zero-order valence-electron chi connectivity index (χ0n) is 19.5. The first kappa shape index (κ1) is 21.7. The number of fused-ring (bicyclic) bond motifs is 1. The van der Waals surface area contributed by atoms with Gasteiger partial charge in [0.2, 0.25) is 11.8 Å². The molecule has 0 saturated carbocycles. The van der Waals surface area contributed by atoms with Crippen molar-refractivity contribution in [2.45, 2.75) is 19.3 Å². The predicted molar refractivity (Wildman–Crippen MR) is 139 cm³/mol. The minimum absolute atomic E-state index is 0.386. The Hall–Kier alpha value is -4.85. The molecule has 8 heteroatoms. The van der Waals surface area contributed by atoms with Gasteiger partial charge in [0.1, 0.15) is 17.7 Å². The number of hydrogen-bond donors (Lipinski definition) is 2. The molecule has 2 aliphatic rings. The zero-order valence-corrected chi connectivity index (χ0v) is 19.5. The highest BCUT2D eigenvalue weighted by atomic mass is 16.6. The van der Waals surface area contributed by atoms with Gasteiger partial charge in [-0.3, -0.25) is 5.32 Å². The largest absolute Gasteiger partial charge is 0.464 e. The van der Waals surface area contributed by atoms with Crippen LogP contribution in [0.3, 0.4) is 0 Å². The van der Waals surface area contributed by atoms with Crippen molar-refractivity contribution < 1.29 is 9.47 Å². The number of anilines is 2. The van der Waals surface area contributed by atoms with Crippen molar-refractivity contribution in [2.24, 2.45) is 0 Å². The molecule has 0 saturated heterocycles. The van der Waals surface area contributed by atoms with Crippen molar-refractivity contribution in [3.63, 3.8) is 0 Å². The highest BCUT2D eigenvalue weighted by Crippen LogP contribution is 2.35. The molecule has 0 atom stereocenters. The highest BCUT2D eigenvalue weighted by molar-refractivity contribution is 5.91. The molecule has 1 aliphatic heterocycles. The Balaban J connectivity index is 1.29. The third kappa shape index (κ3) is 4.44. The number of nitrogens with zero attached hydrogens (tertiary/aromatic N) is 4. The van der Waals surface area contributed by atoms with Gasteiger partial charge in [-0.25, -0.2) is 14.5 Å². The fourth-order valence-electron chi connectivity index (χ4n) is 4.32. The lowest BCUT2D eigenvalue weighted by Crippen LogP contribution is -2.11. The average Bonchev–Trinajstić information content (AvgIpc) is 3.30. The van der Waals surface area contributed by atoms with Gasteiger partial charge in [0.05, 0.1) is 16.8 Å². The van der Waals surface area contributed by atoms with Crippen LogP contribution in [0.15, 0.2) is 109 Å². The van der Waals surface area contributed by atoms with Crippen LogP contribution in [0.2, 0.25) is 0 Å². The lowest BCUT2D eigenvalue weighted by molar-refractivity contribution is 0.221. The van der Waals surface area contributed by atoms with Crippen LogP contribution in [0.4, 0.5) is 11.6 Å². The summed E-state index contributed by atoms with van der Waals surface area (Å²) < 4.78 is 13.4. The first-order valence-electron chi connectivity index (χ1n) is 11.7. The Morgan fingerprint density at radius 2 is 2.06 bits per heavy atom. The number of nitrogen functional groups attached to an aromatic ring is 1. The van der Waals surface area contributed by atoms with Crippen molar-refractivity contribution in [3.05, 3.63) is 109 Å². The number of aromatic nitrogens is 4. The van der Waals surface area contributed by atoms with E-state index < -0.39 is 0 Å². The second-order valence-corrected chi connectivity index (χ2v) is 8.54. The van der Waals surface area contributed by atoms with Crippen molar-refractivity contribution >= 4 is 17.2 Å². The molecule has 0 radical (unpaired) electrons. The minimum atomic E-state index is 0.386. The van der Waals surface area contributed by atoms with Crippen LogP contribution in [0.25, 0.3) is 28.0 Å². The summed E-state index contributed by atoms with van der Waals surface area (Å²) in [5.74, 6) is 1.54. The van der Waals surface area contributed by atoms with Gasteiger partial charge in [0, 0.05) is 30.1 Å². The Morgan fingerprint density at radius 3 is 2.94 bits per heavy atom. The SMILES string of the molecule is Nc1cccc(-c2nn3ccccc3c2-c2ccnc(NC3=COC=C(CC4=CC=CCC4)O3)n2)c1. The monoisotopic (exact) mass is 476 g/mol. The van der Waals surface area contributed by atoms with Crippen LogP contribution in [-0.2, 0) is 9.47 Å². The first-order valence-corrected chi connectivity index (χ1v) is 11.7. The van der Waals surface area contributed by atoms with Gasteiger partial charge in [0.15, 0.2) is 6.26 Å². The van der Waals surface area contributed by atoms with Crippen molar-refractivity contribution in [1.82, 2.24) is 19.6 Å². The number of benzene rings is 1. The Bertz CT molecular complexity index is 1560. The van der Waals surface area contributed by atoms with Gasteiger partial charge >= 0.3 is 0 Å². The molecule has 36 heavy (non-hydrogen) atoms. The van der Waals surface area contributed by atoms with E-state index in [1.54, 1.807) is 12.5 Å². The van der Waals surface area contributed by atoms with E-state index in [1.165, 1.54) is 11.8 Å². The lowest BCUT2D eigenvalue weighted by Gasteiger charge is -2.18. The molecular weight excluding hydrogens is 452 g/mol. The van der Waals surface area contributed by atoms with Gasteiger partial charge in [-0.1, -0.05) is 42.0 Å². The summed E-state index contributed by atoms with van der Waals surface area (Å²) in [6.45, 7) is 0. The summed E-state index contributed by atoms with van der Waals surface area (Å²) in [7, 11) is 0. The van der Waals surface area contributed by atoms with Gasteiger partial charge < -0.3 is 15.2 Å². The molecule has 3 aromatic heterocycles. The Labute approximate surface area is 208 Å². The number of allylic oxidation sites excluding steroid dienone is 4. The molecule has 1 aliphatic carbocycles. The average molecular weight is 477 g/mol. The summed E-state index contributed by atoms with van der Waals surface area (Å²) in [5.41, 5.74) is 12.3. The van der Waals surface area contributed by atoms with Gasteiger partial charge in [-0.05, 0) is 43.2 Å². The van der Waals surface area contributed by atoms with Crippen LogP contribution in [0.1, 0.15) is 19.3 Å². The van der Waals surface area contributed by atoms with Gasteiger partial charge in [0.25, 0.3) is 0 Å². The first-order chi connectivity index (χ1) is 17.7. The van der Waals surface area contributed by atoms with Crippen molar-refractivity contribution in [3.8, 4) is 22.5 Å². The topological polar surface area (TPSA) is 99.6 Å². The molecule has 4 aromatic rings. The molecule has 4 heterocycles. The second-order valence-electron chi connectivity index (χ2n) is 8.54. The quantitative estimate of drug-likeness (QED) is 0.339. The van der Waals surface area contributed by atoms with E-state index in [-0.39, 0.29) is 0 Å². The third-order valence-corrected chi connectivity index (χ3v) is 5.96. The molecule has 1 aromatic carbocycles. The van der Waals surface area contributed by atoms with Gasteiger partial charge in [-0.2, -0.15) is 5.10 Å². The molecule has 178 valence electrons. The molecule has 8 nitrogen and oxygen atoms in total. The number of rotatable bonds is 6. The molecule has 3 N–H and O–H groups in total. The second kappa shape index (κ2) is 9.42. The predicted octanol–water partition coefficient (Wildman–Crippen LogP) is 5.81. The zero-order chi connectivity index (χ0) is 24.3. The molecular formula is C28H24N6O2. The van der Waals surface area contributed by atoms with Crippen LogP contribution in [-0.4, -0.2) is 19.6 Å². The van der Waals surface area contributed by atoms with Crippen LogP contribution < -0.4 is 11.1 Å². The molecule has 0 spiro atoms. The van der Waals surface area contributed by atoms with E-state index >= 15 is 0 Å². The maximum Gasteiger partial charge on any atom is 0.235 e. The summed E-state index contributed by atoms with van der Waals surface area (Å²) >= 11 is 0. The highest BCUT2D eigenvalue weighted by Gasteiger charge is 2.19. The molecule has 0 amide bonds. The molecule has 0 unspecified atom stereocenters. The number of pyridine rings is 1. The third-order valence-electron chi connectivity index (χ3n) is 5.96. The number of nitrogens with two attached hydrogens (primary N) is 1. The van der Waals surface area contributed by atoms with Gasteiger partial charge in [-0.15, -0.1) is 0 Å². The summed E-state index contributed by atoms with van der Waals surface area (Å²) in [5, 5.41) is 7.95. The van der Waals surface area contributed by atoms with E-state index in [4.69, 9.17) is 25.3 Å². The van der Waals surface area contributed by atoms with Crippen molar-refractivity contribution in [1.29, 1.82) is 0 Å². The fraction of sp³-hybridized carbons (Fsp3) is 0.107. The summed E-state index contributed by atoms with van der Waals surface area (Å²) in [6, 6.07) is 15.5. The normalized spacial score (nSPS) is 14.9. The number of nitrogens with one attached hydrogen (secondary N) is 1. The van der Waals surface area contributed by atoms with E-state index in [0.717, 1.165) is 46.6 Å². The van der Waals surface area contributed by atoms with E-state index in [1.807, 2.05) is 59.2 Å². The van der Waals surface area contributed by atoms with E-state index in [2.05, 4.69) is 28.5 Å². The van der Waals surface area contributed by atoms with E-state index in [0.29, 0.717) is 23.9 Å². The fourth-order valence-corrected chi connectivity index (χ4v) is 4.32. The Kier molecular flexibility index (Phi) is 5.67. The number of hydrogen-bond acceptors (Lipinski definition) is 7. The molecule has 0 fully saturated rings. The molecule has 0 bridgehead atoms. The minimum Gasteiger partial charge on any atom is -0.464 e. The van der Waals surface area contributed by atoms with Crippen LogP contribution >= 0.6 is 0 Å². The lowest BCUT2D eigenvalue weighted by atomic mass is 10.0. The molecule has 6 rings (SSSR count). The van der Waals surface area contributed by atoms with Crippen molar-refractivity contribution in [2.75, 3.05) is 11.1 Å². The summed E-state index contributed by atoms with van der Waals surface area (Å²) in [6.07, 6.45) is 15.9. The van der Waals surface area contributed by atoms with Crippen LogP contribution in [0, 0.1) is 0 Å². The van der Waals surface area contributed by atoms with E-state index in [9.17, 15) is 0 Å². The number of ether oxygens (including phenoxy) is 2. The Morgan fingerprint density at radius 1 is 1.08 bits per heavy atom. The maximum atomic E-state index is 6.06. The maximum absolute atomic E-state index is 6.06.